The monoisotopic (exact) mass is 375 g/mol. The molecule has 3 aromatic rings. The summed E-state index contributed by atoms with van der Waals surface area (Å²) >= 11 is 0. The smallest absolute Gasteiger partial charge is 0.248 e. The minimum absolute atomic E-state index is 0.202. The number of piperazine rings is 1. The van der Waals surface area contributed by atoms with Crippen molar-refractivity contribution in [1.29, 1.82) is 0 Å². The molecule has 0 aliphatic carbocycles. The Bertz CT molecular complexity index is 1010. The second-order valence-corrected chi connectivity index (χ2v) is 8.39. The first-order valence-corrected chi connectivity index (χ1v) is 9.97. The van der Waals surface area contributed by atoms with Crippen LogP contribution in [0.2, 0.25) is 0 Å². The van der Waals surface area contributed by atoms with E-state index in [9.17, 15) is 8.42 Å². The Balaban J connectivity index is 1.46. The van der Waals surface area contributed by atoms with Crippen LogP contribution >= 0.6 is 0 Å². The molecule has 1 aliphatic heterocycles. The summed E-state index contributed by atoms with van der Waals surface area (Å²) in [5.41, 5.74) is 2.43. The third kappa shape index (κ3) is 2.91. The van der Waals surface area contributed by atoms with Gasteiger partial charge in [0.1, 0.15) is 16.2 Å². The Morgan fingerprint density at radius 3 is 2.62 bits per heavy atom. The summed E-state index contributed by atoms with van der Waals surface area (Å²) in [5.74, 6) is 0.343. The van der Waals surface area contributed by atoms with Gasteiger partial charge in [-0.25, -0.2) is 13.4 Å². The molecule has 0 atom stereocenters. The van der Waals surface area contributed by atoms with Gasteiger partial charge in [-0.15, -0.1) is 0 Å². The van der Waals surface area contributed by atoms with Crippen molar-refractivity contribution in [2.24, 2.45) is 0 Å². The maximum atomic E-state index is 12.9. The number of nitrogens with zero attached hydrogens (tertiary/aromatic N) is 5. The number of fused-ring (bicyclic) bond motifs is 1. The highest BCUT2D eigenvalue weighted by Crippen LogP contribution is 2.24. The predicted molar refractivity (Wildman–Crippen MR) is 95.2 cm³/mol. The normalized spacial score (nSPS) is 17.2. The summed E-state index contributed by atoms with van der Waals surface area (Å²) < 4.78 is 34.4. The molecule has 3 aromatic heterocycles. The number of aryl methyl sites for hydroxylation is 2. The van der Waals surface area contributed by atoms with Crippen LogP contribution in [0.4, 0.5) is 0 Å². The highest BCUT2D eigenvalue weighted by molar-refractivity contribution is 7.89. The van der Waals surface area contributed by atoms with E-state index in [-0.39, 0.29) is 4.90 Å². The van der Waals surface area contributed by atoms with Crippen molar-refractivity contribution < 1.29 is 12.9 Å². The number of sulfonamides is 1. The quantitative estimate of drug-likeness (QED) is 0.686. The first-order valence-electron chi connectivity index (χ1n) is 8.53. The molecule has 8 nitrogen and oxygen atoms in total. The molecule has 1 fully saturated rings. The van der Waals surface area contributed by atoms with Gasteiger partial charge in [-0.1, -0.05) is 11.2 Å². The lowest BCUT2D eigenvalue weighted by molar-refractivity contribution is 0.179. The van der Waals surface area contributed by atoms with E-state index in [4.69, 9.17) is 4.52 Å². The second-order valence-electron chi connectivity index (χ2n) is 6.51. The fourth-order valence-corrected chi connectivity index (χ4v) is 5.14. The van der Waals surface area contributed by atoms with Gasteiger partial charge in [-0.2, -0.15) is 4.31 Å². The van der Waals surface area contributed by atoms with Crippen LogP contribution in [0.5, 0.6) is 0 Å². The van der Waals surface area contributed by atoms with E-state index in [2.05, 4.69) is 19.4 Å². The second kappa shape index (κ2) is 6.49. The van der Waals surface area contributed by atoms with Crippen molar-refractivity contribution in [3.05, 3.63) is 47.7 Å². The fourth-order valence-electron chi connectivity index (χ4n) is 3.43. The number of aromatic nitrogens is 3. The third-order valence-electron chi connectivity index (χ3n) is 4.78. The molecule has 4 rings (SSSR count). The number of pyridine rings is 1. The summed E-state index contributed by atoms with van der Waals surface area (Å²) in [7, 11) is -3.57. The van der Waals surface area contributed by atoms with Gasteiger partial charge in [0.05, 0.1) is 11.9 Å². The summed E-state index contributed by atoms with van der Waals surface area (Å²) in [6.45, 7) is 6.26. The molecule has 0 saturated carbocycles. The van der Waals surface area contributed by atoms with Gasteiger partial charge in [0.25, 0.3) is 0 Å². The lowest BCUT2D eigenvalue weighted by Crippen LogP contribution is -2.48. The van der Waals surface area contributed by atoms with Crippen molar-refractivity contribution in [3.8, 4) is 0 Å². The van der Waals surface area contributed by atoms with E-state index in [1.54, 1.807) is 13.8 Å². The van der Waals surface area contributed by atoms with E-state index in [1.165, 1.54) is 4.31 Å². The highest BCUT2D eigenvalue weighted by Gasteiger charge is 2.33. The summed E-state index contributed by atoms with van der Waals surface area (Å²) in [6, 6.07) is 5.91. The summed E-state index contributed by atoms with van der Waals surface area (Å²) in [5, 5.41) is 3.77. The maximum Gasteiger partial charge on any atom is 0.248 e. The Morgan fingerprint density at radius 1 is 1.15 bits per heavy atom. The zero-order valence-corrected chi connectivity index (χ0v) is 15.6. The zero-order valence-electron chi connectivity index (χ0n) is 14.8. The van der Waals surface area contributed by atoms with Gasteiger partial charge in [0.2, 0.25) is 10.0 Å². The van der Waals surface area contributed by atoms with Gasteiger partial charge >= 0.3 is 0 Å². The van der Waals surface area contributed by atoms with Crippen LogP contribution in [-0.2, 0) is 16.6 Å². The van der Waals surface area contributed by atoms with Crippen molar-refractivity contribution in [2.75, 3.05) is 26.2 Å². The Labute approximate surface area is 152 Å². The minimum atomic E-state index is -3.57. The van der Waals surface area contributed by atoms with Crippen molar-refractivity contribution in [3.63, 3.8) is 0 Å². The molecule has 0 unspecified atom stereocenters. The molecule has 0 amide bonds. The first kappa shape index (κ1) is 17.2. The van der Waals surface area contributed by atoms with E-state index in [1.807, 2.05) is 30.6 Å². The standard InChI is InChI=1S/C17H21N5O3S/c1-13-17(14(2)25-19-13)26(23,24)21-9-7-20(8-10-21)12-15-11-18-16-5-3-4-6-22(15)16/h3-6,11H,7-10,12H2,1-2H3. The Kier molecular flexibility index (Phi) is 4.29. The molecular formula is C17H21N5O3S. The average molecular weight is 375 g/mol. The van der Waals surface area contributed by atoms with Crippen LogP contribution in [0.25, 0.3) is 5.65 Å². The number of rotatable bonds is 4. The third-order valence-corrected chi connectivity index (χ3v) is 6.92. The number of imidazole rings is 1. The highest BCUT2D eigenvalue weighted by atomic mass is 32.2. The van der Waals surface area contributed by atoms with E-state index >= 15 is 0 Å². The van der Waals surface area contributed by atoms with Crippen LogP contribution < -0.4 is 0 Å². The topological polar surface area (TPSA) is 84.0 Å². The van der Waals surface area contributed by atoms with Crippen LogP contribution in [0, 0.1) is 13.8 Å². The molecule has 9 heteroatoms. The lowest BCUT2D eigenvalue weighted by atomic mass is 10.3. The first-order chi connectivity index (χ1) is 12.5. The number of hydrogen-bond acceptors (Lipinski definition) is 6. The van der Waals surface area contributed by atoms with Gasteiger partial charge in [0, 0.05) is 38.9 Å². The van der Waals surface area contributed by atoms with Gasteiger partial charge < -0.3 is 8.92 Å². The molecule has 26 heavy (non-hydrogen) atoms. The largest absolute Gasteiger partial charge is 0.360 e. The molecule has 4 heterocycles. The molecule has 0 radical (unpaired) electrons. The SMILES string of the molecule is Cc1noc(C)c1S(=O)(=O)N1CCN(Cc2cnc3ccccn23)CC1. The Hall–Kier alpha value is -2.23. The van der Waals surface area contributed by atoms with Gasteiger partial charge in [-0.05, 0) is 26.0 Å². The van der Waals surface area contributed by atoms with Gasteiger partial charge in [0.15, 0.2) is 5.76 Å². The Morgan fingerprint density at radius 2 is 1.92 bits per heavy atom. The van der Waals surface area contributed by atoms with Crippen molar-refractivity contribution in [1.82, 2.24) is 23.7 Å². The molecule has 138 valence electrons. The average Bonchev–Trinajstić information content (AvgIpc) is 3.19. The minimum Gasteiger partial charge on any atom is -0.360 e. The van der Waals surface area contributed by atoms with Crippen LogP contribution in [0.15, 0.2) is 40.0 Å². The molecular weight excluding hydrogens is 354 g/mol. The van der Waals surface area contributed by atoms with Crippen molar-refractivity contribution in [2.45, 2.75) is 25.3 Å². The molecule has 0 aromatic carbocycles. The number of hydrogen-bond donors (Lipinski definition) is 0. The van der Waals surface area contributed by atoms with E-state index in [0.29, 0.717) is 37.6 Å². The summed E-state index contributed by atoms with van der Waals surface area (Å²) in [6.07, 6.45) is 3.87. The van der Waals surface area contributed by atoms with Crippen molar-refractivity contribution >= 4 is 15.7 Å². The molecule has 1 saturated heterocycles. The van der Waals surface area contributed by atoms with E-state index < -0.39 is 10.0 Å². The molecule has 0 N–H and O–H groups in total. The molecule has 0 spiro atoms. The van der Waals surface area contributed by atoms with Crippen LogP contribution in [0.3, 0.4) is 0 Å². The summed E-state index contributed by atoms with van der Waals surface area (Å²) in [4.78, 5) is 6.85. The lowest BCUT2D eigenvalue weighted by Gasteiger charge is -2.33. The van der Waals surface area contributed by atoms with Crippen LogP contribution in [-0.4, -0.2) is 58.3 Å². The van der Waals surface area contributed by atoms with Crippen LogP contribution in [0.1, 0.15) is 17.1 Å². The fraction of sp³-hybridized carbons (Fsp3) is 0.412. The maximum absolute atomic E-state index is 12.9. The molecule has 0 bridgehead atoms. The van der Waals surface area contributed by atoms with E-state index in [0.717, 1.165) is 17.9 Å². The van der Waals surface area contributed by atoms with Gasteiger partial charge in [-0.3, -0.25) is 4.90 Å². The predicted octanol–water partition coefficient (Wildman–Crippen LogP) is 1.45. The zero-order chi connectivity index (χ0) is 18.3. The molecule has 1 aliphatic rings.